The van der Waals surface area contributed by atoms with Crippen LogP contribution in [0, 0.1) is 5.92 Å². The van der Waals surface area contributed by atoms with Crippen LogP contribution in [0.2, 0.25) is 0 Å². The van der Waals surface area contributed by atoms with Crippen molar-refractivity contribution in [3.8, 4) is 5.75 Å². The van der Waals surface area contributed by atoms with Gasteiger partial charge in [0.25, 0.3) is 0 Å². The van der Waals surface area contributed by atoms with E-state index in [0.717, 1.165) is 18.4 Å². The predicted octanol–water partition coefficient (Wildman–Crippen LogP) is 3.86. The van der Waals surface area contributed by atoms with Crippen LogP contribution in [0.5, 0.6) is 5.75 Å². The highest BCUT2D eigenvalue weighted by Gasteiger charge is 2.33. The van der Waals surface area contributed by atoms with Crippen molar-refractivity contribution in [1.29, 1.82) is 0 Å². The van der Waals surface area contributed by atoms with E-state index in [2.05, 4.69) is 4.98 Å². The first kappa shape index (κ1) is 24.6. The number of benzene rings is 2. The van der Waals surface area contributed by atoms with Gasteiger partial charge in [-0.3, -0.25) is 0 Å². The van der Waals surface area contributed by atoms with Crippen molar-refractivity contribution in [2.45, 2.75) is 24.7 Å². The molecule has 0 aliphatic heterocycles. The van der Waals surface area contributed by atoms with Crippen molar-refractivity contribution in [2.75, 3.05) is 6.61 Å². The Morgan fingerprint density at radius 2 is 1.83 bits per heavy atom. The van der Waals surface area contributed by atoms with Crippen LogP contribution in [0.15, 0.2) is 75.6 Å². The van der Waals surface area contributed by atoms with Crippen LogP contribution in [-0.2, 0) is 14.8 Å². The summed E-state index contributed by atoms with van der Waals surface area (Å²) in [6.07, 6.45) is 1.79. The van der Waals surface area contributed by atoms with E-state index in [1.165, 1.54) is 35.6 Å². The zero-order valence-corrected chi connectivity index (χ0v) is 20.5. The molecule has 4 N–H and O–H groups in total. The maximum Gasteiger partial charge on any atom is 0.357 e. The topological polar surface area (TPSA) is 147 Å². The van der Waals surface area contributed by atoms with E-state index in [9.17, 15) is 13.2 Å². The molecule has 0 radical (unpaired) electrons. The Labute approximate surface area is 207 Å². The van der Waals surface area contributed by atoms with Crippen molar-refractivity contribution in [2.24, 2.45) is 21.8 Å². The maximum atomic E-state index is 12.0. The van der Waals surface area contributed by atoms with Gasteiger partial charge in [-0.15, -0.1) is 11.3 Å². The number of nitrogens with zero attached hydrogens (tertiary/aromatic N) is 2. The molecule has 0 spiro atoms. The zero-order chi connectivity index (χ0) is 25.0. The van der Waals surface area contributed by atoms with Gasteiger partial charge in [0.2, 0.25) is 15.2 Å². The molecule has 2 aromatic carbocycles. The number of rotatable bonds is 9. The average molecular weight is 513 g/mol. The lowest BCUT2D eigenvalue weighted by molar-refractivity contribution is 0.0520. The standard InChI is InChI=1S/C24H24N4O5S2/c1-2-32-23(29)19-14-34-24(27-19)28-21(16-8-9-16)22(20(25)15-6-4-3-5-7-15)33-17-10-12-18(13-11-17)35(26,30)31/h3-7,10-14,16H,2,8-9,25H2,1H3,(H2,26,30,31). The first-order valence-corrected chi connectivity index (χ1v) is 13.3. The second kappa shape index (κ2) is 10.4. The number of hydrogen-bond acceptors (Lipinski definition) is 9. The quantitative estimate of drug-likeness (QED) is 0.251. The molecule has 1 aromatic heterocycles. The molecule has 3 aromatic rings. The molecule has 1 aliphatic rings. The molecular formula is C24H24N4O5S2. The molecule has 1 heterocycles. The summed E-state index contributed by atoms with van der Waals surface area (Å²) >= 11 is 1.21. The molecule has 4 rings (SSSR count). The molecule has 9 nitrogen and oxygen atoms in total. The van der Waals surface area contributed by atoms with Crippen molar-refractivity contribution >= 4 is 43.9 Å². The van der Waals surface area contributed by atoms with E-state index in [1.807, 2.05) is 30.3 Å². The normalized spacial score (nSPS) is 14.9. The Balaban J connectivity index is 1.76. The summed E-state index contributed by atoms with van der Waals surface area (Å²) in [4.78, 5) is 21.0. The Bertz CT molecular complexity index is 1380. The Morgan fingerprint density at radius 1 is 1.14 bits per heavy atom. The second-order valence-electron chi connectivity index (χ2n) is 7.73. The average Bonchev–Trinajstić information content (AvgIpc) is 3.58. The Hall–Kier alpha value is -3.54. The number of esters is 1. The fourth-order valence-electron chi connectivity index (χ4n) is 3.21. The van der Waals surface area contributed by atoms with Crippen LogP contribution in [-0.4, -0.2) is 31.7 Å². The van der Waals surface area contributed by atoms with Crippen LogP contribution in [0.1, 0.15) is 35.8 Å². The van der Waals surface area contributed by atoms with Gasteiger partial charge in [-0.25, -0.2) is 28.3 Å². The maximum absolute atomic E-state index is 12.0. The minimum Gasteiger partial charge on any atom is -0.461 e. The van der Waals surface area contributed by atoms with Crippen LogP contribution in [0.25, 0.3) is 5.70 Å². The summed E-state index contributed by atoms with van der Waals surface area (Å²) in [7, 11) is -3.84. The first-order valence-electron chi connectivity index (χ1n) is 10.8. The lowest BCUT2D eigenvalue weighted by Gasteiger charge is -2.16. The lowest BCUT2D eigenvalue weighted by Crippen LogP contribution is -2.18. The Kier molecular flexibility index (Phi) is 7.29. The van der Waals surface area contributed by atoms with Crippen molar-refractivity contribution in [3.05, 3.63) is 77.0 Å². The molecule has 11 heteroatoms. The fourth-order valence-corrected chi connectivity index (χ4v) is 4.39. The highest BCUT2D eigenvalue weighted by Crippen LogP contribution is 2.37. The van der Waals surface area contributed by atoms with E-state index in [0.29, 0.717) is 28.0 Å². The van der Waals surface area contributed by atoms with E-state index >= 15 is 0 Å². The van der Waals surface area contributed by atoms with E-state index in [-0.39, 0.29) is 23.1 Å². The lowest BCUT2D eigenvalue weighted by atomic mass is 10.1. The van der Waals surface area contributed by atoms with Gasteiger partial charge in [-0.1, -0.05) is 30.3 Å². The summed E-state index contributed by atoms with van der Waals surface area (Å²) in [5.74, 6) is 0.302. The summed E-state index contributed by atoms with van der Waals surface area (Å²) < 4.78 is 34.4. The van der Waals surface area contributed by atoms with Gasteiger partial charge < -0.3 is 15.2 Å². The number of hydrogen-bond donors (Lipinski definition) is 2. The number of carbonyl (C=O) groups is 1. The second-order valence-corrected chi connectivity index (χ2v) is 10.1. The number of aliphatic imine (C=N–C) groups is 1. The molecule has 0 atom stereocenters. The SMILES string of the molecule is CCOC(=O)c1csc(N=C(C(Oc2ccc(S(N)(=O)=O)cc2)=C(N)c2ccccc2)C2CC2)n1. The number of ether oxygens (including phenoxy) is 2. The van der Waals surface area contributed by atoms with Gasteiger partial charge in [-0.05, 0) is 44.0 Å². The van der Waals surface area contributed by atoms with Crippen LogP contribution in [0.3, 0.4) is 0 Å². The number of allylic oxidation sites excluding steroid dienone is 1. The summed E-state index contributed by atoms with van der Waals surface area (Å²) in [5.41, 5.74) is 8.46. The van der Waals surface area contributed by atoms with Crippen LogP contribution in [0.4, 0.5) is 5.13 Å². The molecule has 35 heavy (non-hydrogen) atoms. The summed E-state index contributed by atoms with van der Waals surface area (Å²) in [6, 6.07) is 15.1. The molecule has 0 saturated heterocycles. The monoisotopic (exact) mass is 512 g/mol. The summed E-state index contributed by atoms with van der Waals surface area (Å²) in [6.45, 7) is 1.98. The highest BCUT2D eigenvalue weighted by atomic mass is 32.2. The van der Waals surface area contributed by atoms with Crippen LogP contribution >= 0.6 is 11.3 Å². The van der Waals surface area contributed by atoms with Gasteiger partial charge in [0.05, 0.1) is 22.9 Å². The zero-order valence-electron chi connectivity index (χ0n) is 18.9. The molecule has 0 bridgehead atoms. The van der Waals surface area contributed by atoms with Crippen LogP contribution < -0.4 is 15.6 Å². The van der Waals surface area contributed by atoms with Crippen molar-refractivity contribution < 1.29 is 22.7 Å². The van der Waals surface area contributed by atoms with Gasteiger partial charge >= 0.3 is 5.97 Å². The predicted molar refractivity (Wildman–Crippen MR) is 134 cm³/mol. The van der Waals surface area contributed by atoms with E-state index in [1.54, 1.807) is 12.3 Å². The van der Waals surface area contributed by atoms with Gasteiger partial charge in [0, 0.05) is 16.9 Å². The van der Waals surface area contributed by atoms with Gasteiger partial charge in [-0.2, -0.15) is 0 Å². The minimum absolute atomic E-state index is 0.0308. The molecule has 0 unspecified atom stereocenters. The molecular weight excluding hydrogens is 488 g/mol. The molecule has 182 valence electrons. The third kappa shape index (κ3) is 6.13. The highest BCUT2D eigenvalue weighted by molar-refractivity contribution is 7.89. The summed E-state index contributed by atoms with van der Waals surface area (Å²) in [5, 5.41) is 7.17. The van der Waals surface area contributed by atoms with Gasteiger partial charge in [0.1, 0.15) is 5.75 Å². The fraction of sp³-hybridized carbons (Fsp3) is 0.208. The number of carbonyl (C=O) groups excluding carboxylic acids is 1. The first-order chi connectivity index (χ1) is 16.8. The number of sulfonamides is 1. The van der Waals surface area contributed by atoms with E-state index in [4.69, 9.17) is 25.3 Å². The third-order valence-corrected chi connectivity index (χ3v) is 6.75. The number of aromatic nitrogens is 1. The smallest absolute Gasteiger partial charge is 0.357 e. The number of thiazole rings is 1. The van der Waals surface area contributed by atoms with E-state index < -0.39 is 16.0 Å². The number of nitrogens with two attached hydrogens (primary N) is 2. The largest absolute Gasteiger partial charge is 0.461 e. The molecule has 0 amide bonds. The third-order valence-electron chi connectivity index (χ3n) is 5.09. The number of primary sulfonamides is 1. The Morgan fingerprint density at radius 3 is 2.43 bits per heavy atom. The molecule has 1 aliphatic carbocycles. The molecule has 1 saturated carbocycles. The molecule has 1 fully saturated rings. The van der Waals surface area contributed by atoms with Gasteiger partial charge in [0.15, 0.2) is 11.5 Å². The minimum atomic E-state index is -3.84. The van der Waals surface area contributed by atoms with Crippen molar-refractivity contribution in [3.63, 3.8) is 0 Å². The van der Waals surface area contributed by atoms with Crippen molar-refractivity contribution in [1.82, 2.24) is 4.98 Å².